The third-order valence-corrected chi connectivity index (χ3v) is 3.06. The number of aliphatic hydroxyl groups is 1. The van der Waals surface area contributed by atoms with Crippen molar-refractivity contribution in [2.45, 2.75) is 45.8 Å². The van der Waals surface area contributed by atoms with Crippen LogP contribution < -0.4 is 5.32 Å². The second-order valence-corrected chi connectivity index (χ2v) is 5.98. The number of benzene rings is 1. The van der Waals surface area contributed by atoms with Gasteiger partial charge in [0.05, 0.1) is 5.60 Å². The molecule has 0 aliphatic heterocycles. The van der Waals surface area contributed by atoms with Gasteiger partial charge in [-0.15, -0.1) is 0 Å². The van der Waals surface area contributed by atoms with Crippen LogP contribution in [0.25, 0.3) is 0 Å². The van der Waals surface area contributed by atoms with E-state index in [1.165, 1.54) is 6.07 Å². The van der Waals surface area contributed by atoms with E-state index in [0.29, 0.717) is 12.5 Å². The normalized spacial score (nSPS) is 16.3. The van der Waals surface area contributed by atoms with Crippen LogP contribution >= 0.6 is 0 Å². The van der Waals surface area contributed by atoms with Gasteiger partial charge in [0.25, 0.3) is 0 Å². The summed E-state index contributed by atoms with van der Waals surface area (Å²) in [7, 11) is 0. The first-order valence-corrected chi connectivity index (χ1v) is 6.68. The highest BCUT2D eigenvalue weighted by Gasteiger charge is 2.22. The van der Waals surface area contributed by atoms with Crippen LogP contribution in [0.5, 0.6) is 11.5 Å². The SMILES string of the molecule is CC(C)CC(C)(O)CNC(C)c1cc(O)cc(O)c1. The number of phenolic OH excluding ortho intramolecular Hbond substituents is 2. The molecule has 1 rings (SSSR count). The van der Waals surface area contributed by atoms with Crippen molar-refractivity contribution in [2.24, 2.45) is 5.92 Å². The fourth-order valence-electron chi connectivity index (χ4n) is 2.31. The molecule has 0 aliphatic carbocycles. The summed E-state index contributed by atoms with van der Waals surface area (Å²) in [5.74, 6) is 0.507. The molecule has 0 heterocycles. The average molecular weight is 267 g/mol. The molecule has 1 aromatic rings. The summed E-state index contributed by atoms with van der Waals surface area (Å²) in [4.78, 5) is 0. The van der Waals surface area contributed by atoms with E-state index in [9.17, 15) is 15.3 Å². The third-order valence-electron chi connectivity index (χ3n) is 3.06. The zero-order chi connectivity index (χ0) is 14.6. The lowest BCUT2D eigenvalue weighted by Crippen LogP contribution is -2.39. The minimum atomic E-state index is -0.763. The van der Waals surface area contributed by atoms with E-state index in [1.807, 2.05) is 13.8 Å². The lowest BCUT2D eigenvalue weighted by Gasteiger charge is -2.27. The lowest BCUT2D eigenvalue weighted by atomic mass is 9.94. The van der Waals surface area contributed by atoms with Crippen LogP contribution in [0.1, 0.15) is 45.7 Å². The van der Waals surface area contributed by atoms with Crippen LogP contribution in [-0.2, 0) is 0 Å². The number of nitrogens with one attached hydrogen (secondary N) is 1. The Labute approximate surface area is 115 Å². The molecule has 4 heteroatoms. The number of hydrogen-bond acceptors (Lipinski definition) is 4. The van der Waals surface area contributed by atoms with Crippen molar-refractivity contribution >= 4 is 0 Å². The van der Waals surface area contributed by atoms with E-state index in [2.05, 4.69) is 19.2 Å². The highest BCUT2D eigenvalue weighted by Crippen LogP contribution is 2.25. The van der Waals surface area contributed by atoms with Gasteiger partial charge in [-0.2, -0.15) is 0 Å². The Hall–Kier alpha value is -1.26. The molecule has 0 bridgehead atoms. The molecule has 0 saturated heterocycles. The molecule has 108 valence electrons. The summed E-state index contributed by atoms with van der Waals surface area (Å²) in [6, 6.07) is 4.45. The summed E-state index contributed by atoms with van der Waals surface area (Å²) in [6.07, 6.45) is 0.720. The van der Waals surface area contributed by atoms with Crippen molar-refractivity contribution < 1.29 is 15.3 Å². The molecule has 19 heavy (non-hydrogen) atoms. The highest BCUT2D eigenvalue weighted by atomic mass is 16.3. The quantitative estimate of drug-likeness (QED) is 0.639. The molecule has 0 saturated carbocycles. The molecule has 0 aromatic heterocycles. The molecular weight excluding hydrogens is 242 g/mol. The zero-order valence-corrected chi connectivity index (χ0v) is 12.1. The van der Waals surface area contributed by atoms with Crippen molar-refractivity contribution in [3.05, 3.63) is 23.8 Å². The first-order valence-electron chi connectivity index (χ1n) is 6.68. The smallest absolute Gasteiger partial charge is 0.119 e. The first kappa shape index (κ1) is 15.8. The molecule has 4 N–H and O–H groups in total. The maximum absolute atomic E-state index is 10.2. The number of rotatable bonds is 6. The summed E-state index contributed by atoms with van der Waals surface area (Å²) in [5, 5.41) is 32.4. The largest absolute Gasteiger partial charge is 0.508 e. The minimum Gasteiger partial charge on any atom is -0.508 e. The second-order valence-electron chi connectivity index (χ2n) is 5.98. The molecular formula is C15H25NO3. The van der Waals surface area contributed by atoms with Gasteiger partial charge in [-0.05, 0) is 43.9 Å². The van der Waals surface area contributed by atoms with Crippen LogP contribution in [0.3, 0.4) is 0 Å². The maximum atomic E-state index is 10.2. The molecule has 1 aromatic carbocycles. The molecule has 2 unspecified atom stereocenters. The Kier molecular flexibility index (Phi) is 5.20. The van der Waals surface area contributed by atoms with E-state index >= 15 is 0 Å². The molecule has 0 radical (unpaired) electrons. The summed E-state index contributed by atoms with van der Waals surface area (Å²) in [5.41, 5.74) is 0.0271. The molecule has 4 nitrogen and oxygen atoms in total. The van der Waals surface area contributed by atoms with Gasteiger partial charge < -0.3 is 20.6 Å². The fourth-order valence-corrected chi connectivity index (χ4v) is 2.31. The van der Waals surface area contributed by atoms with Crippen LogP contribution in [0.2, 0.25) is 0 Å². The van der Waals surface area contributed by atoms with E-state index in [4.69, 9.17) is 0 Å². The molecule has 2 atom stereocenters. The van der Waals surface area contributed by atoms with E-state index in [-0.39, 0.29) is 17.5 Å². The standard InChI is InChI=1S/C15H25NO3/c1-10(2)8-15(4,19)9-16-11(3)12-5-13(17)7-14(18)6-12/h5-7,10-11,16-19H,8-9H2,1-4H3. The Morgan fingerprint density at radius 1 is 1.11 bits per heavy atom. The topological polar surface area (TPSA) is 72.7 Å². The number of hydrogen-bond donors (Lipinski definition) is 4. The molecule has 0 spiro atoms. The van der Waals surface area contributed by atoms with Crippen molar-refractivity contribution in [1.82, 2.24) is 5.32 Å². The van der Waals surface area contributed by atoms with Crippen molar-refractivity contribution in [3.63, 3.8) is 0 Å². The van der Waals surface area contributed by atoms with Crippen molar-refractivity contribution in [3.8, 4) is 11.5 Å². The average Bonchev–Trinajstić information content (AvgIpc) is 2.22. The fraction of sp³-hybridized carbons (Fsp3) is 0.600. The van der Waals surface area contributed by atoms with Gasteiger partial charge in [0.1, 0.15) is 11.5 Å². The highest BCUT2D eigenvalue weighted by molar-refractivity contribution is 5.37. The Morgan fingerprint density at radius 3 is 2.11 bits per heavy atom. The van der Waals surface area contributed by atoms with E-state index in [0.717, 1.165) is 12.0 Å². The van der Waals surface area contributed by atoms with E-state index in [1.54, 1.807) is 12.1 Å². The van der Waals surface area contributed by atoms with Gasteiger partial charge >= 0.3 is 0 Å². The second kappa shape index (κ2) is 6.26. The predicted octanol–water partition coefficient (Wildman–Crippen LogP) is 2.55. The van der Waals surface area contributed by atoms with Crippen molar-refractivity contribution in [2.75, 3.05) is 6.54 Å². The predicted molar refractivity (Wildman–Crippen MR) is 76.3 cm³/mol. The van der Waals surface area contributed by atoms with Gasteiger partial charge in [-0.3, -0.25) is 0 Å². The van der Waals surface area contributed by atoms with Gasteiger partial charge in [-0.1, -0.05) is 13.8 Å². The summed E-state index contributed by atoms with van der Waals surface area (Å²) >= 11 is 0. The van der Waals surface area contributed by atoms with Crippen LogP contribution in [0, 0.1) is 5.92 Å². The van der Waals surface area contributed by atoms with Crippen LogP contribution in [0.4, 0.5) is 0 Å². The van der Waals surface area contributed by atoms with Gasteiger partial charge in [0.2, 0.25) is 0 Å². The molecule has 0 fully saturated rings. The maximum Gasteiger partial charge on any atom is 0.119 e. The zero-order valence-electron chi connectivity index (χ0n) is 12.1. The number of aromatic hydroxyl groups is 2. The third kappa shape index (κ3) is 5.49. The summed E-state index contributed by atoms with van der Waals surface area (Å²) < 4.78 is 0. The van der Waals surface area contributed by atoms with E-state index < -0.39 is 5.60 Å². The summed E-state index contributed by atoms with van der Waals surface area (Å²) in [6.45, 7) is 8.35. The lowest BCUT2D eigenvalue weighted by molar-refractivity contribution is 0.0363. The van der Waals surface area contributed by atoms with Gasteiger partial charge in [-0.25, -0.2) is 0 Å². The molecule has 0 amide bonds. The Balaban J connectivity index is 2.62. The molecule has 0 aliphatic rings. The minimum absolute atomic E-state index is 0.0394. The van der Waals surface area contributed by atoms with Gasteiger partial charge in [0.15, 0.2) is 0 Å². The number of phenols is 2. The first-order chi connectivity index (χ1) is 8.69. The Bertz CT molecular complexity index is 396. The van der Waals surface area contributed by atoms with Crippen LogP contribution in [-0.4, -0.2) is 27.5 Å². The monoisotopic (exact) mass is 267 g/mol. The van der Waals surface area contributed by atoms with Gasteiger partial charge in [0, 0.05) is 18.7 Å². The Morgan fingerprint density at radius 2 is 1.63 bits per heavy atom. The van der Waals surface area contributed by atoms with Crippen molar-refractivity contribution in [1.29, 1.82) is 0 Å². The van der Waals surface area contributed by atoms with Crippen LogP contribution in [0.15, 0.2) is 18.2 Å².